The zero-order valence-electron chi connectivity index (χ0n) is 15.7. The number of carbonyl (C=O) groups excluding carboxylic acids is 1. The maximum absolute atomic E-state index is 12.7. The summed E-state index contributed by atoms with van der Waals surface area (Å²) in [7, 11) is 2.92. The number of nitrogens with zero attached hydrogens (tertiary/aromatic N) is 1. The second-order valence-corrected chi connectivity index (χ2v) is 5.89. The Balaban J connectivity index is 2.38. The predicted octanol–water partition coefficient (Wildman–Crippen LogP) is 3.50. The molecule has 1 amide bonds. The van der Waals surface area contributed by atoms with E-state index in [9.17, 15) is 14.9 Å². The maximum Gasteiger partial charge on any atom is 0.286 e. The summed E-state index contributed by atoms with van der Waals surface area (Å²) in [6.45, 7) is 4.30. The maximum atomic E-state index is 12.7. The lowest BCUT2D eigenvalue weighted by Crippen LogP contribution is -2.15. The molecule has 2 rings (SSSR count). The van der Waals surface area contributed by atoms with E-state index in [0.29, 0.717) is 12.3 Å². The number of nitro groups is 1. The minimum atomic E-state index is -0.625. The van der Waals surface area contributed by atoms with Gasteiger partial charge in [-0.25, -0.2) is 0 Å². The average molecular weight is 374 g/mol. The Labute approximate surface area is 157 Å². The first-order valence-electron chi connectivity index (χ1n) is 8.24. The Morgan fingerprint density at radius 2 is 1.85 bits per heavy atom. The molecule has 0 aliphatic heterocycles. The highest BCUT2D eigenvalue weighted by molar-refractivity contribution is 6.08. The van der Waals surface area contributed by atoms with Gasteiger partial charge in [-0.3, -0.25) is 14.9 Å². The number of benzene rings is 2. The molecular weight excluding hydrogens is 352 g/mol. The third kappa shape index (κ3) is 4.95. The SMILES string of the molecule is COCCOc1cc([N+](=O)[O-])c(C(=O)Nc2ccc(C)cc2C)cc1OC. The standard InChI is InChI=1S/C19H22N2O6/c1-12-5-6-15(13(2)9-12)20-19(22)14-10-17(26-4)18(27-8-7-25-3)11-16(14)21(23)24/h5-6,9-11H,7-8H2,1-4H3,(H,20,22). The molecule has 2 aromatic rings. The van der Waals surface area contributed by atoms with Crippen LogP contribution in [0.2, 0.25) is 0 Å². The molecule has 0 aliphatic carbocycles. The van der Waals surface area contributed by atoms with Crippen molar-refractivity contribution in [2.45, 2.75) is 13.8 Å². The molecule has 0 bridgehead atoms. The summed E-state index contributed by atoms with van der Waals surface area (Å²) in [6, 6.07) is 8.01. The van der Waals surface area contributed by atoms with Crippen molar-refractivity contribution in [3.05, 3.63) is 57.1 Å². The Morgan fingerprint density at radius 1 is 1.11 bits per heavy atom. The fourth-order valence-corrected chi connectivity index (χ4v) is 2.53. The highest BCUT2D eigenvalue weighted by Crippen LogP contribution is 2.35. The van der Waals surface area contributed by atoms with Crippen LogP contribution in [0.25, 0.3) is 0 Å². The quantitative estimate of drug-likeness (QED) is 0.431. The first-order chi connectivity index (χ1) is 12.9. The molecule has 27 heavy (non-hydrogen) atoms. The Kier molecular flexibility index (Phi) is 6.73. The summed E-state index contributed by atoms with van der Waals surface area (Å²) < 4.78 is 15.6. The van der Waals surface area contributed by atoms with Gasteiger partial charge in [0.1, 0.15) is 12.2 Å². The number of nitrogens with one attached hydrogen (secondary N) is 1. The van der Waals surface area contributed by atoms with Crippen molar-refractivity contribution in [2.24, 2.45) is 0 Å². The van der Waals surface area contributed by atoms with Crippen molar-refractivity contribution in [3.63, 3.8) is 0 Å². The van der Waals surface area contributed by atoms with Gasteiger partial charge in [0, 0.05) is 18.9 Å². The third-order valence-electron chi connectivity index (χ3n) is 3.90. The van der Waals surface area contributed by atoms with Crippen LogP contribution in [0.3, 0.4) is 0 Å². The molecule has 1 N–H and O–H groups in total. The van der Waals surface area contributed by atoms with E-state index in [4.69, 9.17) is 14.2 Å². The highest BCUT2D eigenvalue weighted by Gasteiger charge is 2.25. The van der Waals surface area contributed by atoms with E-state index in [1.165, 1.54) is 26.4 Å². The lowest BCUT2D eigenvalue weighted by atomic mass is 10.1. The van der Waals surface area contributed by atoms with Gasteiger partial charge in [0.15, 0.2) is 11.5 Å². The van der Waals surface area contributed by atoms with Crippen LogP contribution in [-0.4, -0.2) is 38.3 Å². The van der Waals surface area contributed by atoms with Crippen LogP contribution in [0.15, 0.2) is 30.3 Å². The molecule has 0 saturated carbocycles. The second-order valence-electron chi connectivity index (χ2n) is 5.89. The van der Waals surface area contributed by atoms with Gasteiger partial charge in [-0.2, -0.15) is 0 Å². The molecular formula is C19H22N2O6. The van der Waals surface area contributed by atoms with Crippen LogP contribution >= 0.6 is 0 Å². The summed E-state index contributed by atoms with van der Waals surface area (Å²) in [5.41, 5.74) is 2.01. The van der Waals surface area contributed by atoms with Crippen molar-refractivity contribution in [1.29, 1.82) is 0 Å². The topological polar surface area (TPSA) is 99.9 Å². The zero-order chi connectivity index (χ0) is 20.0. The minimum absolute atomic E-state index is 0.115. The molecule has 8 heteroatoms. The summed E-state index contributed by atoms with van der Waals surface area (Å²) in [4.78, 5) is 23.5. The van der Waals surface area contributed by atoms with E-state index < -0.39 is 10.8 Å². The summed E-state index contributed by atoms with van der Waals surface area (Å²) >= 11 is 0. The number of ether oxygens (including phenoxy) is 3. The van der Waals surface area contributed by atoms with Crippen LogP contribution in [-0.2, 0) is 4.74 Å². The van der Waals surface area contributed by atoms with Crippen molar-refractivity contribution >= 4 is 17.3 Å². The number of aryl methyl sites for hydroxylation is 2. The van der Waals surface area contributed by atoms with Gasteiger partial charge in [0.2, 0.25) is 0 Å². The molecule has 0 atom stereocenters. The highest BCUT2D eigenvalue weighted by atomic mass is 16.6. The largest absolute Gasteiger partial charge is 0.493 e. The lowest BCUT2D eigenvalue weighted by Gasteiger charge is -2.13. The molecule has 0 saturated heterocycles. The molecule has 2 aromatic carbocycles. The van der Waals surface area contributed by atoms with Crippen LogP contribution in [0.1, 0.15) is 21.5 Å². The molecule has 0 radical (unpaired) electrons. The average Bonchev–Trinajstić information content (AvgIpc) is 2.63. The van der Waals surface area contributed by atoms with Crippen LogP contribution in [0.5, 0.6) is 11.5 Å². The van der Waals surface area contributed by atoms with E-state index in [2.05, 4.69) is 5.32 Å². The van der Waals surface area contributed by atoms with E-state index in [-0.39, 0.29) is 29.4 Å². The monoisotopic (exact) mass is 374 g/mol. The van der Waals surface area contributed by atoms with E-state index in [0.717, 1.165) is 11.1 Å². The van der Waals surface area contributed by atoms with Crippen molar-refractivity contribution < 1.29 is 23.9 Å². The number of carbonyl (C=O) groups is 1. The van der Waals surface area contributed by atoms with Gasteiger partial charge in [0.25, 0.3) is 11.6 Å². The first kappa shape index (κ1) is 20.2. The molecule has 0 aliphatic rings. The number of hydrogen-bond acceptors (Lipinski definition) is 6. The summed E-state index contributed by atoms with van der Waals surface area (Å²) in [5, 5.41) is 14.2. The fraction of sp³-hybridized carbons (Fsp3) is 0.316. The zero-order valence-corrected chi connectivity index (χ0v) is 15.7. The van der Waals surface area contributed by atoms with Gasteiger partial charge in [-0.1, -0.05) is 17.7 Å². The van der Waals surface area contributed by atoms with Crippen LogP contribution in [0.4, 0.5) is 11.4 Å². The second kappa shape index (κ2) is 9.00. The number of hydrogen-bond donors (Lipinski definition) is 1. The molecule has 0 heterocycles. The fourth-order valence-electron chi connectivity index (χ4n) is 2.53. The van der Waals surface area contributed by atoms with Gasteiger partial charge in [0.05, 0.1) is 24.7 Å². The molecule has 0 spiro atoms. The van der Waals surface area contributed by atoms with Crippen molar-refractivity contribution in [3.8, 4) is 11.5 Å². The lowest BCUT2D eigenvalue weighted by molar-refractivity contribution is -0.385. The normalized spacial score (nSPS) is 10.4. The number of methoxy groups -OCH3 is 2. The van der Waals surface area contributed by atoms with Crippen LogP contribution < -0.4 is 14.8 Å². The number of anilines is 1. The Bertz CT molecular complexity index is 850. The molecule has 0 aromatic heterocycles. The number of nitro benzene ring substituents is 1. The predicted molar refractivity (Wildman–Crippen MR) is 101 cm³/mol. The molecule has 144 valence electrons. The smallest absolute Gasteiger partial charge is 0.286 e. The minimum Gasteiger partial charge on any atom is -0.493 e. The Morgan fingerprint density at radius 3 is 2.44 bits per heavy atom. The first-order valence-corrected chi connectivity index (χ1v) is 8.24. The van der Waals surface area contributed by atoms with E-state index >= 15 is 0 Å². The Hall–Kier alpha value is -3.13. The van der Waals surface area contributed by atoms with E-state index in [1.807, 2.05) is 26.0 Å². The number of amides is 1. The summed E-state index contributed by atoms with van der Waals surface area (Å²) in [5.74, 6) is -0.206. The van der Waals surface area contributed by atoms with Gasteiger partial charge in [-0.05, 0) is 25.5 Å². The van der Waals surface area contributed by atoms with Crippen molar-refractivity contribution in [1.82, 2.24) is 0 Å². The van der Waals surface area contributed by atoms with Crippen molar-refractivity contribution in [2.75, 3.05) is 32.8 Å². The molecule has 0 unspecified atom stereocenters. The van der Waals surface area contributed by atoms with Crippen LogP contribution in [0, 0.1) is 24.0 Å². The van der Waals surface area contributed by atoms with E-state index in [1.54, 1.807) is 6.07 Å². The van der Waals surface area contributed by atoms with Gasteiger partial charge in [-0.15, -0.1) is 0 Å². The summed E-state index contributed by atoms with van der Waals surface area (Å²) in [6.07, 6.45) is 0. The van der Waals surface area contributed by atoms with Gasteiger partial charge < -0.3 is 19.5 Å². The van der Waals surface area contributed by atoms with Gasteiger partial charge >= 0.3 is 0 Å². The third-order valence-corrected chi connectivity index (χ3v) is 3.90. The number of rotatable bonds is 8. The molecule has 0 fully saturated rings. The molecule has 8 nitrogen and oxygen atoms in total.